The zero-order valence-electron chi connectivity index (χ0n) is 19.0. The summed E-state index contributed by atoms with van der Waals surface area (Å²) in [6.45, 7) is 0.625. The van der Waals surface area contributed by atoms with Crippen molar-refractivity contribution in [1.82, 2.24) is 0 Å². The third-order valence-corrected chi connectivity index (χ3v) is 6.46. The highest BCUT2D eigenvalue weighted by molar-refractivity contribution is 7.98. The zero-order chi connectivity index (χ0) is 25.9. The van der Waals surface area contributed by atoms with Crippen molar-refractivity contribution >= 4 is 52.6 Å². The Hall–Kier alpha value is -3.45. The Morgan fingerprint density at radius 2 is 1.22 bits per heavy atom. The van der Waals surface area contributed by atoms with Crippen LogP contribution in [-0.4, -0.2) is 22.2 Å². The molecular formula is C28H23Cl2NO4S. The van der Waals surface area contributed by atoms with Gasteiger partial charge in [0, 0.05) is 32.9 Å². The molecule has 0 saturated heterocycles. The number of hydrogen-bond donors (Lipinski definition) is 3. The van der Waals surface area contributed by atoms with Crippen LogP contribution in [-0.2, 0) is 12.3 Å². The number of carboxylic acids is 2. The number of carbonyl (C=O) groups is 2. The summed E-state index contributed by atoms with van der Waals surface area (Å²) in [5, 5.41) is 22.2. The first kappa shape index (κ1) is 27.1. The minimum atomic E-state index is -0.913. The van der Waals surface area contributed by atoms with Crippen LogP contribution in [0.3, 0.4) is 0 Å². The number of anilines is 1. The van der Waals surface area contributed by atoms with Crippen LogP contribution >= 0.6 is 35.0 Å². The van der Waals surface area contributed by atoms with Crippen LogP contribution < -0.4 is 5.32 Å². The number of carboxylic acid groups (broad SMARTS) is 2. The van der Waals surface area contributed by atoms with Gasteiger partial charge < -0.3 is 15.5 Å². The van der Waals surface area contributed by atoms with Gasteiger partial charge in [0.05, 0.1) is 11.1 Å². The van der Waals surface area contributed by atoms with E-state index in [0.29, 0.717) is 22.7 Å². The SMILES string of the molecule is O=C(O)c1ccc(CNc2cccc(Cl)c2)cc1.O=C(O)c1ccc(CSc2cccc(Cl)c2)cc1. The van der Waals surface area contributed by atoms with Crippen molar-refractivity contribution in [1.29, 1.82) is 0 Å². The first-order valence-corrected chi connectivity index (χ1v) is 12.6. The van der Waals surface area contributed by atoms with Crippen LogP contribution in [0, 0.1) is 0 Å². The second kappa shape index (κ2) is 13.6. The summed E-state index contributed by atoms with van der Waals surface area (Å²) in [6, 6.07) is 28.8. The van der Waals surface area contributed by atoms with Gasteiger partial charge in [-0.15, -0.1) is 11.8 Å². The Labute approximate surface area is 223 Å². The molecule has 0 aliphatic carbocycles. The Morgan fingerprint density at radius 1 is 0.694 bits per heavy atom. The van der Waals surface area contributed by atoms with Crippen LogP contribution in [0.5, 0.6) is 0 Å². The normalized spacial score (nSPS) is 10.2. The maximum absolute atomic E-state index is 10.7. The molecular weight excluding hydrogens is 517 g/mol. The van der Waals surface area contributed by atoms with Gasteiger partial charge in [-0.05, 0) is 71.8 Å². The second-order valence-corrected chi connectivity index (χ2v) is 9.54. The fraction of sp³-hybridized carbons (Fsp3) is 0.0714. The molecule has 0 fully saturated rings. The topological polar surface area (TPSA) is 86.6 Å². The highest BCUT2D eigenvalue weighted by atomic mass is 35.5. The number of benzene rings is 4. The van der Waals surface area contributed by atoms with Gasteiger partial charge in [0.15, 0.2) is 0 Å². The summed E-state index contributed by atoms with van der Waals surface area (Å²) in [4.78, 5) is 22.5. The maximum Gasteiger partial charge on any atom is 0.335 e. The minimum Gasteiger partial charge on any atom is -0.478 e. The molecule has 184 valence electrons. The summed E-state index contributed by atoms with van der Waals surface area (Å²) in [5.41, 5.74) is 3.64. The molecule has 0 aliphatic rings. The van der Waals surface area contributed by atoms with E-state index < -0.39 is 11.9 Å². The predicted molar refractivity (Wildman–Crippen MR) is 147 cm³/mol. The van der Waals surface area contributed by atoms with Crippen molar-refractivity contribution in [3.8, 4) is 0 Å². The second-order valence-electron chi connectivity index (χ2n) is 7.61. The molecule has 4 rings (SSSR count). The van der Waals surface area contributed by atoms with E-state index in [0.717, 1.165) is 32.5 Å². The molecule has 0 bridgehead atoms. The van der Waals surface area contributed by atoms with Gasteiger partial charge >= 0.3 is 11.9 Å². The largest absolute Gasteiger partial charge is 0.478 e. The van der Waals surface area contributed by atoms with Crippen molar-refractivity contribution in [2.45, 2.75) is 17.2 Å². The summed E-state index contributed by atoms with van der Waals surface area (Å²) >= 11 is 13.5. The van der Waals surface area contributed by atoms with Gasteiger partial charge in [-0.3, -0.25) is 0 Å². The predicted octanol–water partition coefficient (Wildman–Crippen LogP) is 7.98. The molecule has 0 spiro atoms. The molecule has 3 N–H and O–H groups in total. The van der Waals surface area contributed by atoms with Crippen LogP contribution in [0.15, 0.2) is 102 Å². The number of nitrogens with one attached hydrogen (secondary N) is 1. The van der Waals surface area contributed by atoms with E-state index in [4.69, 9.17) is 33.4 Å². The Bertz CT molecular complexity index is 1210. The van der Waals surface area contributed by atoms with Crippen LogP contribution in [0.25, 0.3) is 0 Å². The highest BCUT2D eigenvalue weighted by Gasteiger charge is 2.03. The van der Waals surface area contributed by atoms with Gasteiger partial charge in [0.2, 0.25) is 0 Å². The van der Waals surface area contributed by atoms with Crippen molar-refractivity contribution < 1.29 is 19.8 Å². The lowest BCUT2D eigenvalue weighted by molar-refractivity contribution is 0.0686. The molecule has 0 saturated carbocycles. The Morgan fingerprint density at radius 3 is 1.75 bits per heavy atom. The summed E-state index contributed by atoms with van der Waals surface area (Å²) in [5.74, 6) is -1.02. The zero-order valence-corrected chi connectivity index (χ0v) is 21.4. The monoisotopic (exact) mass is 539 g/mol. The van der Waals surface area contributed by atoms with Crippen LogP contribution in [0.1, 0.15) is 31.8 Å². The average molecular weight is 540 g/mol. The lowest BCUT2D eigenvalue weighted by Crippen LogP contribution is -2.01. The van der Waals surface area contributed by atoms with E-state index >= 15 is 0 Å². The van der Waals surface area contributed by atoms with E-state index in [-0.39, 0.29) is 0 Å². The number of halogens is 2. The van der Waals surface area contributed by atoms with E-state index in [1.807, 2.05) is 60.7 Å². The number of rotatable bonds is 8. The average Bonchev–Trinajstić information content (AvgIpc) is 2.87. The molecule has 0 amide bonds. The van der Waals surface area contributed by atoms with Crippen molar-refractivity contribution in [3.63, 3.8) is 0 Å². The lowest BCUT2D eigenvalue weighted by atomic mass is 10.1. The fourth-order valence-corrected chi connectivity index (χ4v) is 4.39. The quantitative estimate of drug-likeness (QED) is 0.197. The van der Waals surface area contributed by atoms with Crippen LogP contribution in [0.2, 0.25) is 10.0 Å². The van der Waals surface area contributed by atoms with E-state index in [1.165, 1.54) is 0 Å². The summed E-state index contributed by atoms with van der Waals surface area (Å²) in [6.07, 6.45) is 0. The molecule has 0 radical (unpaired) electrons. The number of hydrogen-bond acceptors (Lipinski definition) is 4. The molecule has 36 heavy (non-hydrogen) atoms. The molecule has 5 nitrogen and oxygen atoms in total. The third kappa shape index (κ3) is 8.96. The summed E-state index contributed by atoms with van der Waals surface area (Å²) in [7, 11) is 0. The first-order valence-electron chi connectivity index (χ1n) is 10.8. The lowest BCUT2D eigenvalue weighted by Gasteiger charge is -2.07. The molecule has 4 aromatic carbocycles. The molecule has 8 heteroatoms. The van der Waals surface area contributed by atoms with E-state index in [1.54, 1.807) is 48.2 Å². The first-order chi connectivity index (χ1) is 17.3. The number of aromatic carboxylic acids is 2. The third-order valence-electron chi connectivity index (χ3n) is 4.92. The molecule has 0 aliphatic heterocycles. The van der Waals surface area contributed by atoms with Gasteiger partial charge in [0.1, 0.15) is 0 Å². The molecule has 0 heterocycles. The standard InChI is InChI=1S/C14H12ClNO2.C14H11ClO2S/c15-12-2-1-3-13(8-12)16-9-10-4-6-11(7-5-10)14(17)18;15-12-2-1-3-13(8-12)18-9-10-4-6-11(7-5-10)14(16)17/h1-8,16H,9H2,(H,17,18);1-8H,9H2,(H,16,17). The highest BCUT2D eigenvalue weighted by Crippen LogP contribution is 2.25. The molecule has 0 unspecified atom stereocenters. The van der Waals surface area contributed by atoms with Crippen molar-refractivity contribution in [3.05, 3.63) is 129 Å². The fourth-order valence-electron chi connectivity index (χ4n) is 3.03. The van der Waals surface area contributed by atoms with Gasteiger partial charge in [-0.25, -0.2) is 9.59 Å². The smallest absolute Gasteiger partial charge is 0.335 e. The molecule has 0 aromatic heterocycles. The van der Waals surface area contributed by atoms with E-state index in [9.17, 15) is 9.59 Å². The van der Waals surface area contributed by atoms with Crippen molar-refractivity contribution in [2.75, 3.05) is 5.32 Å². The Balaban J connectivity index is 0.000000201. The molecule has 4 aromatic rings. The summed E-state index contributed by atoms with van der Waals surface area (Å²) < 4.78 is 0. The molecule has 0 atom stereocenters. The van der Waals surface area contributed by atoms with Crippen molar-refractivity contribution in [2.24, 2.45) is 0 Å². The Kier molecular flexibility index (Phi) is 10.2. The minimum absolute atomic E-state index is 0.293. The van der Waals surface area contributed by atoms with Crippen LogP contribution in [0.4, 0.5) is 5.69 Å². The van der Waals surface area contributed by atoms with Gasteiger partial charge in [-0.1, -0.05) is 59.6 Å². The maximum atomic E-state index is 10.7. The van der Waals surface area contributed by atoms with E-state index in [2.05, 4.69) is 5.32 Å². The number of thioether (sulfide) groups is 1. The van der Waals surface area contributed by atoms with Gasteiger partial charge in [-0.2, -0.15) is 0 Å². The van der Waals surface area contributed by atoms with Gasteiger partial charge in [0.25, 0.3) is 0 Å².